The van der Waals surface area contributed by atoms with E-state index >= 15 is 0 Å². The van der Waals surface area contributed by atoms with Gasteiger partial charge in [0.25, 0.3) is 11.6 Å². The molecule has 0 saturated carbocycles. The van der Waals surface area contributed by atoms with Crippen molar-refractivity contribution >= 4 is 28.5 Å². The van der Waals surface area contributed by atoms with Crippen LogP contribution in [0.3, 0.4) is 0 Å². The first-order valence-electron chi connectivity index (χ1n) is 8.45. The number of anilines is 2. The van der Waals surface area contributed by atoms with Crippen LogP contribution in [0.2, 0.25) is 0 Å². The summed E-state index contributed by atoms with van der Waals surface area (Å²) in [6.07, 6.45) is 1.42. The van der Waals surface area contributed by atoms with Crippen molar-refractivity contribution in [1.29, 1.82) is 0 Å². The third kappa shape index (κ3) is 2.99. The smallest absolute Gasteiger partial charge is 0.278 e. The fourth-order valence-electron chi connectivity index (χ4n) is 2.95. The van der Waals surface area contributed by atoms with Crippen molar-refractivity contribution in [2.75, 3.05) is 36.5 Å². The van der Waals surface area contributed by atoms with Gasteiger partial charge in [0.05, 0.1) is 13.2 Å². The second kappa shape index (κ2) is 6.72. The molecule has 26 heavy (non-hydrogen) atoms. The molecule has 0 aliphatic carbocycles. The summed E-state index contributed by atoms with van der Waals surface area (Å²) >= 11 is 0. The number of fused-ring (bicyclic) bond motifs is 1. The van der Waals surface area contributed by atoms with Crippen LogP contribution in [0.5, 0.6) is 0 Å². The number of aromatic nitrogens is 3. The Labute approximate surface area is 150 Å². The minimum Gasteiger partial charge on any atom is -0.378 e. The van der Waals surface area contributed by atoms with E-state index in [9.17, 15) is 4.79 Å². The number of carbonyl (C=O) groups excluding carboxylic acids is 1. The lowest BCUT2D eigenvalue weighted by Gasteiger charge is -2.27. The van der Waals surface area contributed by atoms with Gasteiger partial charge in [-0.15, -0.1) is 0 Å². The second-order valence-corrected chi connectivity index (χ2v) is 6.26. The first kappa shape index (κ1) is 16.5. The van der Waals surface area contributed by atoms with Crippen molar-refractivity contribution in [3.8, 4) is 0 Å². The SMILES string of the molecule is Cc1ccc(NC(=O)c2noc3ncnc(N4CCOCC4)c23)cc1C. The molecule has 0 atom stereocenters. The molecule has 0 radical (unpaired) electrons. The molecule has 3 heterocycles. The summed E-state index contributed by atoms with van der Waals surface area (Å²) in [6, 6.07) is 5.75. The van der Waals surface area contributed by atoms with Gasteiger partial charge in [-0.05, 0) is 37.1 Å². The zero-order valence-electron chi connectivity index (χ0n) is 14.7. The largest absolute Gasteiger partial charge is 0.378 e. The Morgan fingerprint density at radius 1 is 1.15 bits per heavy atom. The maximum absolute atomic E-state index is 12.8. The van der Waals surface area contributed by atoms with Crippen LogP contribution in [0.25, 0.3) is 11.1 Å². The molecule has 134 valence electrons. The van der Waals surface area contributed by atoms with E-state index in [0.29, 0.717) is 48.9 Å². The molecule has 0 unspecified atom stereocenters. The predicted molar refractivity (Wildman–Crippen MR) is 96.5 cm³/mol. The summed E-state index contributed by atoms with van der Waals surface area (Å²) < 4.78 is 10.7. The topological polar surface area (TPSA) is 93.4 Å². The highest BCUT2D eigenvalue weighted by Gasteiger charge is 2.25. The number of morpholine rings is 1. The van der Waals surface area contributed by atoms with Crippen molar-refractivity contribution in [1.82, 2.24) is 15.1 Å². The van der Waals surface area contributed by atoms with E-state index in [4.69, 9.17) is 9.26 Å². The van der Waals surface area contributed by atoms with Crippen molar-refractivity contribution in [3.63, 3.8) is 0 Å². The van der Waals surface area contributed by atoms with E-state index in [1.807, 2.05) is 32.0 Å². The molecule has 4 rings (SSSR count). The van der Waals surface area contributed by atoms with Gasteiger partial charge < -0.3 is 19.5 Å². The Morgan fingerprint density at radius 2 is 1.96 bits per heavy atom. The lowest BCUT2D eigenvalue weighted by molar-refractivity contribution is 0.102. The first-order valence-corrected chi connectivity index (χ1v) is 8.45. The van der Waals surface area contributed by atoms with Crippen LogP contribution in [0.15, 0.2) is 29.0 Å². The summed E-state index contributed by atoms with van der Waals surface area (Å²) in [6.45, 7) is 6.63. The van der Waals surface area contributed by atoms with Gasteiger partial charge in [-0.1, -0.05) is 11.2 Å². The molecule has 1 N–H and O–H groups in total. The molecule has 1 amide bonds. The van der Waals surface area contributed by atoms with E-state index < -0.39 is 0 Å². The maximum atomic E-state index is 12.8. The Kier molecular flexibility index (Phi) is 4.26. The lowest BCUT2D eigenvalue weighted by Crippen LogP contribution is -2.37. The van der Waals surface area contributed by atoms with Gasteiger partial charge in [-0.25, -0.2) is 4.98 Å². The third-order valence-electron chi connectivity index (χ3n) is 4.54. The highest BCUT2D eigenvalue weighted by atomic mass is 16.5. The van der Waals surface area contributed by atoms with Gasteiger partial charge in [0.15, 0.2) is 5.69 Å². The zero-order chi connectivity index (χ0) is 18.1. The van der Waals surface area contributed by atoms with Crippen LogP contribution in [0.4, 0.5) is 11.5 Å². The first-order chi connectivity index (χ1) is 12.6. The number of benzene rings is 1. The van der Waals surface area contributed by atoms with Crippen molar-refractivity contribution in [2.45, 2.75) is 13.8 Å². The molecule has 0 spiro atoms. The molecule has 1 aromatic carbocycles. The lowest BCUT2D eigenvalue weighted by atomic mass is 10.1. The molecular formula is C18H19N5O3. The van der Waals surface area contributed by atoms with E-state index in [1.165, 1.54) is 6.33 Å². The monoisotopic (exact) mass is 353 g/mol. The number of amides is 1. The van der Waals surface area contributed by atoms with Gasteiger partial charge in [-0.2, -0.15) is 4.98 Å². The number of ether oxygens (including phenoxy) is 1. The van der Waals surface area contributed by atoms with E-state index in [0.717, 1.165) is 11.1 Å². The molecule has 1 fully saturated rings. The fourth-order valence-corrected chi connectivity index (χ4v) is 2.95. The van der Waals surface area contributed by atoms with Crippen LogP contribution in [-0.2, 0) is 4.74 Å². The van der Waals surface area contributed by atoms with Gasteiger partial charge in [0.1, 0.15) is 17.5 Å². The van der Waals surface area contributed by atoms with Crippen LogP contribution >= 0.6 is 0 Å². The second-order valence-electron chi connectivity index (χ2n) is 6.26. The van der Waals surface area contributed by atoms with Crippen LogP contribution in [-0.4, -0.2) is 47.3 Å². The number of hydrogen-bond acceptors (Lipinski definition) is 7. The Balaban J connectivity index is 1.69. The van der Waals surface area contributed by atoms with Crippen molar-refractivity contribution < 1.29 is 14.1 Å². The van der Waals surface area contributed by atoms with Crippen LogP contribution in [0.1, 0.15) is 21.6 Å². The highest BCUT2D eigenvalue weighted by Crippen LogP contribution is 2.27. The molecule has 1 saturated heterocycles. The minimum absolute atomic E-state index is 0.181. The summed E-state index contributed by atoms with van der Waals surface area (Å²) in [4.78, 5) is 23.3. The number of nitrogens with one attached hydrogen (secondary N) is 1. The molecule has 0 bridgehead atoms. The summed E-state index contributed by atoms with van der Waals surface area (Å²) in [5, 5.41) is 7.34. The average molecular weight is 353 g/mol. The number of nitrogens with zero attached hydrogens (tertiary/aromatic N) is 4. The quantitative estimate of drug-likeness (QED) is 0.772. The van der Waals surface area contributed by atoms with Crippen molar-refractivity contribution in [3.05, 3.63) is 41.3 Å². The molecule has 3 aromatic rings. The van der Waals surface area contributed by atoms with Crippen LogP contribution < -0.4 is 10.2 Å². The molecular weight excluding hydrogens is 334 g/mol. The molecule has 8 heteroatoms. The predicted octanol–water partition coefficient (Wildman–Crippen LogP) is 2.32. The molecule has 2 aromatic heterocycles. The number of aryl methyl sites for hydroxylation is 2. The van der Waals surface area contributed by atoms with E-state index in [-0.39, 0.29) is 11.6 Å². The summed E-state index contributed by atoms with van der Waals surface area (Å²) in [5.41, 5.74) is 3.45. The highest BCUT2D eigenvalue weighted by molar-refractivity contribution is 6.12. The van der Waals surface area contributed by atoms with Gasteiger partial charge in [0.2, 0.25) is 0 Å². The van der Waals surface area contributed by atoms with E-state index in [2.05, 4.69) is 25.3 Å². The Morgan fingerprint density at radius 3 is 2.73 bits per heavy atom. The fraction of sp³-hybridized carbons (Fsp3) is 0.333. The summed E-state index contributed by atoms with van der Waals surface area (Å²) in [5.74, 6) is 0.293. The minimum atomic E-state index is -0.351. The van der Waals surface area contributed by atoms with Crippen LogP contribution in [0, 0.1) is 13.8 Å². The third-order valence-corrected chi connectivity index (χ3v) is 4.54. The molecule has 1 aliphatic heterocycles. The van der Waals surface area contributed by atoms with Crippen molar-refractivity contribution in [2.24, 2.45) is 0 Å². The number of carbonyl (C=O) groups is 1. The zero-order valence-corrected chi connectivity index (χ0v) is 14.7. The summed E-state index contributed by atoms with van der Waals surface area (Å²) in [7, 11) is 0. The normalized spacial score (nSPS) is 14.6. The van der Waals surface area contributed by atoms with Gasteiger partial charge >= 0.3 is 0 Å². The Hall–Kier alpha value is -3.00. The Bertz CT molecular complexity index is 963. The standard InChI is InChI=1S/C18H19N5O3/c1-11-3-4-13(9-12(11)2)21-17(24)15-14-16(23-5-7-25-8-6-23)19-10-20-18(14)26-22-15/h3-4,9-10H,5-8H2,1-2H3,(H,21,24). The van der Waals surface area contributed by atoms with Gasteiger partial charge in [-0.3, -0.25) is 4.79 Å². The molecule has 1 aliphatic rings. The number of rotatable bonds is 3. The maximum Gasteiger partial charge on any atom is 0.278 e. The van der Waals surface area contributed by atoms with Gasteiger partial charge in [0, 0.05) is 18.8 Å². The van der Waals surface area contributed by atoms with E-state index in [1.54, 1.807) is 0 Å². The average Bonchev–Trinajstić information content (AvgIpc) is 3.10. The number of hydrogen-bond donors (Lipinski definition) is 1. The molecule has 8 nitrogen and oxygen atoms in total.